The summed E-state index contributed by atoms with van der Waals surface area (Å²) in [6.45, 7) is -0.415. The second kappa shape index (κ2) is 8.18. The molecule has 1 saturated heterocycles. The molecule has 160 valence electrons. The number of aromatic nitrogens is 4. The molecule has 5 atom stereocenters. The van der Waals surface area contributed by atoms with Crippen molar-refractivity contribution in [3.05, 3.63) is 12.7 Å². The van der Waals surface area contributed by atoms with E-state index in [1.807, 2.05) is 0 Å². The Morgan fingerprint density at radius 2 is 2.10 bits per heavy atom. The zero-order valence-electron chi connectivity index (χ0n) is 15.2. The van der Waals surface area contributed by atoms with Gasteiger partial charge in [0.1, 0.15) is 24.1 Å². The van der Waals surface area contributed by atoms with E-state index in [-0.39, 0.29) is 23.4 Å². The second-order valence-electron chi connectivity index (χ2n) is 6.48. The number of fused-ring (bicyclic) bond motifs is 1. The standard InChI is InChI=1S/C14H21N6O8P/c1-27-14(23)16-3-6(29(24,25)26)2-7-9(21)10(22)13(28-7)20-5-19-8-11(15)17-4-18-12(8)20/h4-7,9-10,13,21-22H,2-3H2,1H3,(H,16,23)(H2,15,17,18)(H2,24,25,26)/t6?,7-,9-,10-,13-/m1/s1. The highest BCUT2D eigenvalue weighted by Gasteiger charge is 2.47. The fraction of sp³-hybridized carbons (Fsp3) is 0.571. The lowest BCUT2D eigenvalue weighted by Crippen LogP contribution is -2.37. The van der Waals surface area contributed by atoms with Crippen molar-refractivity contribution in [2.45, 2.75) is 36.6 Å². The van der Waals surface area contributed by atoms with Crippen LogP contribution in [0.15, 0.2) is 12.7 Å². The van der Waals surface area contributed by atoms with Crippen LogP contribution in [0, 0.1) is 0 Å². The number of amides is 1. The first-order valence-corrected chi connectivity index (χ1v) is 10.1. The van der Waals surface area contributed by atoms with Crippen molar-refractivity contribution in [2.75, 3.05) is 19.4 Å². The molecule has 1 fully saturated rings. The number of nitrogens with two attached hydrogens (primary N) is 1. The van der Waals surface area contributed by atoms with Gasteiger partial charge in [-0.25, -0.2) is 19.7 Å². The van der Waals surface area contributed by atoms with Crippen LogP contribution in [0.3, 0.4) is 0 Å². The van der Waals surface area contributed by atoms with Crippen molar-refractivity contribution >= 4 is 30.7 Å². The number of imidazole rings is 1. The van der Waals surface area contributed by atoms with Gasteiger partial charge in [-0.3, -0.25) is 9.13 Å². The van der Waals surface area contributed by atoms with E-state index in [4.69, 9.17) is 10.5 Å². The highest BCUT2D eigenvalue weighted by Crippen LogP contribution is 2.45. The number of hydrogen-bond acceptors (Lipinski definition) is 10. The SMILES string of the molecule is COC(=O)NCC(C[C@H]1O[C@@H](n2cnc3c(N)ncnc32)[C@H](O)[C@@H]1O)P(=O)(O)O. The molecule has 3 heterocycles. The number of anilines is 1. The largest absolute Gasteiger partial charge is 0.453 e. The first kappa shape index (κ1) is 21.4. The number of nitrogens with zero attached hydrogens (tertiary/aromatic N) is 4. The first-order valence-electron chi connectivity index (χ1n) is 8.45. The van der Waals surface area contributed by atoms with Crippen molar-refractivity contribution in [3.8, 4) is 0 Å². The lowest BCUT2D eigenvalue weighted by molar-refractivity contribution is -0.0374. The summed E-state index contributed by atoms with van der Waals surface area (Å²) in [5, 5.41) is 23.0. The Morgan fingerprint density at radius 1 is 1.38 bits per heavy atom. The van der Waals surface area contributed by atoms with Gasteiger partial charge < -0.3 is 40.5 Å². The fourth-order valence-electron chi connectivity index (χ4n) is 3.09. The van der Waals surface area contributed by atoms with Crippen LogP contribution in [-0.4, -0.2) is 83.2 Å². The number of ether oxygens (including phenoxy) is 2. The summed E-state index contributed by atoms with van der Waals surface area (Å²) in [6, 6.07) is 0. The maximum atomic E-state index is 11.8. The first-order chi connectivity index (χ1) is 13.6. The average Bonchev–Trinajstić information content (AvgIpc) is 3.21. The molecule has 1 amide bonds. The topological polar surface area (TPSA) is 215 Å². The molecule has 14 nitrogen and oxygen atoms in total. The molecule has 0 bridgehead atoms. The van der Waals surface area contributed by atoms with E-state index in [1.165, 1.54) is 17.2 Å². The molecule has 0 spiro atoms. The Balaban J connectivity index is 1.79. The van der Waals surface area contributed by atoms with Crippen molar-refractivity contribution in [1.82, 2.24) is 24.8 Å². The third kappa shape index (κ3) is 4.32. The van der Waals surface area contributed by atoms with Crippen LogP contribution in [0.2, 0.25) is 0 Å². The number of nitrogen functional groups attached to an aromatic ring is 1. The number of carbonyl (C=O) groups excluding carboxylic acids is 1. The highest BCUT2D eigenvalue weighted by molar-refractivity contribution is 7.52. The van der Waals surface area contributed by atoms with Crippen LogP contribution >= 0.6 is 7.60 Å². The summed E-state index contributed by atoms with van der Waals surface area (Å²) in [4.78, 5) is 42.3. The monoisotopic (exact) mass is 432 g/mol. The highest BCUT2D eigenvalue weighted by atomic mass is 31.2. The Morgan fingerprint density at radius 3 is 2.76 bits per heavy atom. The summed E-state index contributed by atoms with van der Waals surface area (Å²) in [6.07, 6.45) is -3.85. The third-order valence-electron chi connectivity index (χ3n) is 4.65. The molecular weight excluding hydrogens is 411 g/mol. The minimum Gasteiger partial charge on any atom is -0.453 e. The molecule has 2 aromatic heterocycles. The van der Waals surface area contributed by atoms with Crippen molar-refractivity contribution in [1.29, 1.82) is 0 Å². The summed E-state index contributed by atoms with van der Waals surface area (Å²) in [5.74, 6) is 0.119. The van der Waals surface area contributed by atoms with Crippen LogP contribution in [0.25, 0.3) is 11.2 Å². The van der Waals surface area contributed by atoms with Crippen molar-refractivity contribution in [2.24, 2.45) is 0 Å². The molecule has 0 saturated carbocycles. The molecule has 1 aliphatic heterocycles. The number of nitrogens with one attached hydrogen (secondary N) is 1. The van der Waals surface area contributed by atoms with Crippen LogP contribution in [0.4, 0.5) is 10.6 Å². The minimum atomic E-state index is -4.67. The third-order valence-corrected chi connectivity index (χ3v) is 5.99. The van der Waals surface area contributed by atoms with E-state index < -0.39 is 50.4 Å². The lowest BCUT2D eigenvalue weighted by atomic mass is 10.1. The predicted molar refractivity (Wildman–Crippen MR) is 96.5 cm³/mol. The van der Waals surface area contributed by atoms with E-state index in [1.54, 1.807) is 0 Å². The molecule has 15 heteroatoms. The van der Waals surface area contributed by atoms with Gasteiger partial charge in [-0.15, -0.1) is 0 Å². The summed E-state index contributed by atoms with van der Waals surface area (Å²) in [7, 11) is -3.56. The van der Waals surface area contributed by atoms with E-state index >= 15 is 0 Å². The van der Waals surface area contributed by atoms with Crippen LogP contribution in [-0.2, 0) is 14.0 Å². The van der Waals surface area contributed by atoms with E-state index in [9.17, 15) is 29.4 Å². The van der Waals surface area contributed by atoms with Gasteiger partial charge in [0, 0.05) is 6.54 Å². The molecule has 1 aliphatic rings. The van der Waals surface area contributed by atoms with Gasteiger partial charge in [0.2, 0.25) is 0 Å². The normalized spacial score (nSPS) is 25.8. The van der Waals surface area contributed by atoms with Gasteiger partial charge in [0.25, 0.3) is 0 Å². The number of aliphatic hydroxyl groups is 2. The molecule has 3 rings (SSSR count). The van der Waals surface area contributed by atoms with Crippen LogP contribution < -0.4 is 11.1 Å². The molecule has 0 aliphatic carbocycles. The average molecular weight is 432 g/mol. The smallest absolute Gasteiger partial charge is 0.406 e. The zero-order valence-corrected chi connectivity index (χ0v) is 16.1. The predicted octanol–water partition coefficient (Wildman–Crippen LogP) is -1.68. The Hall–Kier alpha value is -2.35. The van der Waals surface area contributed by atoms with Crippen molar-refractivity contribution in [3.63, 3.8) is 0 Å². The lowest BCUT2D eigenvalue weighted by Gasteiger charge is -2.23. The van der Waals surface area contributed by atoms with E-state index in [0.717, 1.165) is 7.11 Å². The van der Waals surface area contributed by atoms with Gasteiger partial charge in [0.05, 0.1) is 25.2 Å². The Kier molecular flexibility index (Phi) is 6.03. The molecule has 2 aromatic rings. The minimum absolute atomic E-state index is 0.119. The van der Waals surface area contributed by atoms with Crippen LogP contribution in [0.1, 0.15) is 12.6 Å². The maximum absolute atomic E-state index is 11.8. The number of rotatable bonds is 6. The molecule has 1 unspecified atom stereocenters. The summed E-state index contributed by atoms with van der Waals surface area (Å²) < 4.78 is 23.2. The van der Waals surface area contributed by atoms with Gasteiger partial charge >= 0.3 is 13.7 Å². The molecular formula is C14H21N6O8P. The Bertz CT molecular complexity index is 934. The second-order valence-corrected chi connectivity index (χ2v) is 8.39. The number of alkyl carbamates (subject to hydrolysis) is 1. The molecule has 0 radical (unpaired) electrons. The fourth-order valence-corrected chi connectivity index (χ4v) is 3.90. The van der Waals surface area contributed by atoms with Crippen molar-refractivity contribution < 1.29 is 38.8 Å². The quantitative estimate of drug-likeness (QED) is 0.282. The van der Waals surface area contributed by atoms with E-state index in [0.29, 0.717) is 0 Å². The van der Waals surface area contributed by atoms with Gasteiger partial charge in [-0.05, 0) is 6.42 Å². The zero-order chi connectivity index (χ0) is 21.3. The molecule has 0 aromatic carbocycles. The number of aliphatic hydroxyl groups excluding tert-OH is 2. The summed E-state index contributed by atoms with van der Waals surface area (Å²) in [5.41, 5.74) is 4.89. The molecule has 29 heavy (non-hydrogen) atoms. The van der Waals surface area contributed by atoms with Gasteiger partial charge in [-0.2, -0.15) is 0 Å². The maximum Gasteiger partial charge on any atom is 0.406 e. The number of methoxy groups -OCH3 is 1. The van der Waals surface area contributed by atoms with Crippen LogP contribution in [0.5, 0.6) is 0 Å². The molecule has 7 N–H and O–H groups in total. The van der Waals surface area contributed by atoms with E-state index in [2.05, 4.69) is 25.0 Å². The number of carbonyl (C=O) groups is 1. The van der Waals surface area contributed by atoms with Gasteiger partial charge in [-0.1, -0.05) is 0 Å². The van der Waals surface area contributed by atoms with Gasteiger partial charge in [0.15, 0.2) is 17.7 Å². The summed E-state index contributed by atoms with van der Waals surface area (Å²) >= 11 is 0. The number of hydrogen-bond donors (Lipinski definition) is 6. The Labute approximate surface area is 163 Å².